The molecule has 88 valence electrons. The number of rotatable bonds is 4. The minimum atomic E-state index is -0.256. The molecule has 0 atom stereocenters. The highest BCUT2D eigenvalue weighted by molar-refractivity contribution is 6.34. The molecule has 0 radical (unpaired) electrons. The highest BCUT2D eigenvalue weighted by Crippen LogP contribution is 2.16. The summed E-state index contributed by atoms with van der Waals surface area (Å²) < 4.78 is 1.56. The first-order chi connectivity index (χ1) is 8.24. The lowest BCUT2D eigenvalue weighted by Crippen LogP contribution is -2.13. The van der Waals surface area contributed by atoms with Gasteiger partial charge in [0.25, 0.3) is 0 Å². The smallest absolute Gasteiger partial charge is 0.232 e. The molecule has 2 rings (SSSR count). The van der Waals surface area contributed by atoms with E-state index in [-0.39, 0.29) is 11.5 Å². The molecule has 17 heavy (non-hydrogen) atoms. The first kappa shape index (κ1) is 11.7. The molecule has 0 unspecified atom stereocenters. The van der Waals surface area contributed by atoms with Crippen molar-refractivity contribution < 1.29 is 4.79 Å². The Morgan fingerprint density at radius 1 is 1.53 bits per heavy atom. The average Bonchev–Trinajstić information content (AvgIpc) is 2.78. The summed E-state index contributed by atoms with van der Waals surface area (Å²) in [4.78, 5) is 16.2. The molecule has 0 aliphatic heterocycles. The Morgan fingerprint density at radius 3 is 3.06 bits per heavy atom. The van der Waals surface area contributed by atoms with Crippen molar-refractivity contribution in [3.8, 4) is 0 Å². The summed E-state index contributed by atoms with van der Waals surface area (Å²) in [6.45, 7) is 2.65. The van der Waals surface area contributed by atoms with Gasteiger partial charge in [-0.15, -0.1) is 5.10 Å². The van der Waals surface area contributed by atoms with Crippen LogP contribution in [0.1, 0.15) is 29.5 Å². The second-order valence-electron chi connectivity index (χ2n) is 3.51. The maximum absolute atomic E-state index is 12.2. The van der Waals surface area contributed by atoms with Crippen LogP contribution in [0.15, 0.2) is 24.5 Å². The summed E-state index contributed by atoms with van der Waals surface area (Å²) in [5.41, 5.74) is 0.640. The predicted octanol–water partition coefficient (Wildman–Crippen LogP) is 1.97. The van der Waals surface area contributed by atoms with E-state index in [2.05, 4.69) is 15.3 Å². The number of hydrogen-bond acceptors (Lipinski definition) is 4. The number of aromatic nitrogens is 4. The van der Waals surface area contributed by atoms with E-state index in [0.717, 1.165) is 6.42 Å². The summed E-state index contributed by atoms with van der Waals surface area (Å²) in [5, 5.41) is 7.93. The second-order valence-corrected chi connectivity index (χ2v) is 3.91. The number of ketones is 1. The van der Waals surface area contributed by atoms with Crippen LogP contribution < -0.4 is 0 Å². The molecule has 2 heterocycles. The van der Waals surface area contributed by atoms with Gasteiger partial charge in [0.05, 0.1) is 11.2 Å². The van der Waals surface area contributed by atoms with E-state index in [1.54, 1.807) is 16.8 Å². The van der Waals surface area contributed by atoms with E-state index in [4.69, 9.17) is 11.6 Å². The fourth-order valence-electron chi connectivity index (χ4n) is 1.48. The molecule has 5 nitrogen and oxygen atoms in total. The normalized spacial score (nSPS) is 10.5. The summed E-state index contributed by atoms with van der Waals surface area (Å²) in [7, 11) is 0. The van der Waals surface area contributed by atoms with Crippen LogP contribution in [0, 0.1) is 0 Å². The molecule has 2 aromatic rings. The molecule has 0 bridgehead atoms. The standard InChI is InChI=1S/C11H11ClN4O/c1-2-6-16-9(7-14-15-16)11(17)10-8(12)4-3-5-13-10/h3-5,7H,2,6H2,1H3. The van der Waals surface area contributed by atoms with Gasteiger partial charge in [-0.2, -0.15) is 0 Å². The first-order valence-corrected chi connectivity index (χ1v) is 5.65. The largest absolute Gasteiger partial charge is 0.285 e. The Bertz CT molecular complexity index is 538. The van der Waals surface area contributed by atoms with Crippen LogP contribution in [0.4, 0.5) is 0 Å². The SMILES string of the molecule is CCCn1nncc1C(=O)c1ncccc1Cl. The molecule has 0 aromatic carbocycles. The molecule has 2 aromatic heterocycles. The Morgan fingerprint density at radius 2 is 2.35 bits per heavy atom. The number of nitrogens with zero attached hydrogens (tertiary/aromatic N) is 4. The average molecular weight is 251 g/mol. The van der Waals surface area contributed by atoms with Crippen molar-refractivity contribution >= 4 is 17.4 Å². The Kier molecular flexibility index (Phi) is 3.49. The lowest BCUT2D eigenvalue weighted by atomic mass is 10.2. The number of carbonyl (C=O) groups excluding carboxylic acids is 1. The van der Waals surface area contributed by atoms with Gasteiger partial charge < -0.3 is 0 Å². The molecular formula is C11H11ClN4O. The van der Waals surface area contributed by atoms with Crippen LogP contribution >= 0.6 is 11.6 Å². The number of aryl methyl sites for hydroxylation is 1. The first-order valence-electron chi connectivity index (χ1n) is 5.27. The number of halogens is 1. The highest BCUT2D eigenvalue weighted by Gasteiger charge is 2.18. The zero-order valence-corrected chi connectivity index (χ0v) is 10.1. The minimum Gasteiger partial charge on any atom is -0.285 e. The maximum atomic E-state index is 12.2. The van der Waals surface area contributed by atoms with Crippen LogP contribution in [0.25, 0.3) is 0 Å². The molecule has 0 spiro atoms. The van der Waals surface area contributed by atoms with Crippen LogP contribution in [-0.4, -0.2) is 25.8 Å². The van der Waals surface area contributed by atoms with E-state index in [9.17, 15) is 4.79 Å². The monoisotopic (exact) mass is 250 g/mol. The number of pyridine rings is 1. The van der Waals surface area contributed by atoms with Crippen molar-refractivity contribution in [2.24, 2.45) is 0 Å². The van der Waals surface area contributed by atoms with Crippen molar-refractivity contribution in [1.29, 1.82) is 0 Å². The quantitative estimate of drug-likeness (QED) is 0.779. The van der Waals surface area contributed by atoms with Crippen LogP contribution in [0.5, 0.6) is 0 Å². The Balaban J connectivity index is 2.37. The van der Waals surface area contributed by atoms with E-state index < -0.39 is 0 Å². The molecule has 0 N–H and O–H groups in total. The summed E-state index contributed by atoms with van der Waals surface area (Å²) >= 11 is 5.93. The third-order valence-electron chi connectivity index (χ3n) is 2.26. The third-order valence-corrected chi connectivity index (χ3v) is 2.56. The maximum Gasteiger partial charge on any atom is 0.232 e. The van der Waals surface area contributed by atoms with Crippen LogP contribution in [0.2, 0.25) is 5.02 Å². The van der Waals surface area contributed by atoms with Gasteiger partial charge in [0.1, 0.15) is 11.4 Å². The zero-order chi connectivity index (χ0) is 12.3. The Hall–Kier alpha value is -1.75. The van der Waals surface area contributed by atoms with Crippen molar-refractivity contribution in [3.63, 3.8) is 0 Å². The predicted molar refractivity (Wildman–Crippen MR) is 63.0 cm³/mol. The second kappa shape index (κ2) is 5.05. The molecule has 0 saturated heterocycles. The molecule has 0 fully saturated rings. The van der Waals surface area contributed by atoms with Gasteiger partial charge in [-0.1, -0.05) is 23.7 Å². The molecular weight excluding hydrogens is 240 g/mol. The van der Waals surface area contributed by atoms with Crippen molar-refractivity contribution in [3.05, 3.63) is 40.9 Å². The fraction of sp³-hybridized carbons (Fsp3) is 0.273. The van der Waals surface area contributed by atoms with E-state index in [1.165, 1.54) is 12.4 Å². The summed E-state index contributed by atoms with van der Waals surface area (Å²) in [5.74, 6) is -0.256. The Labute approximate surface area is 103 Å². The van der Waals surface area contributed by atoms with Gasteiger partial charge in [0.15, 0.2) is 0 Å². The van der Waals surface area contributed by atoms with Gasteiger partial charge in [0.2, 0.25) is 5.78 Å². The van der Waals surface area contributed by atoms with Gasteiger partial charge in [-0.25, -0.2) is 4.68 Å². The number of hydrogen-bond donors (Lipinski definition) is 0. The van der Waals surface area contributed by atoms with E-state index in [0.29, 0.717) is 17.3 Å². The lowest BCUT2D eigenvalue weighted by Gasteiger charge is -2.04. The molecule has 0 aliphatic rings. The minimum absolute atomic E-state index is 0.230. The summed E-state index contributed by atoms with van der Waals surface area (Å²) in [6.07, 6.45) is 3.84. The molecule has 0 amide bonds. The topological polar surface area (TPSA) is 60.7 Å². The molecule has 0 saturated carbocycles. The molecule has 0 aliphatic carbocycles. The van der Waals surface area contributed by atoms with Gasteiger partial charge in [0, 0.05) is 12.7 Å². The van der Waals surface area contributed by atoms with Crippen molar-refractivity contribution in [2.75, 3.05) is 0 Å². The lowest BCUT2D eigenvalue weighted by molar-refractivity contribution is 0.102. The van der Waals surface area contributed by atoms with Crippen LogP contribution in [-0.2, 0) is 6.54 Å². The highest BCUT2D eigenvalue weighted by atomic mass is 35.5. The van der Waals surface area contributed by atoms with E-state index >= 15 is 0 Å². The zero-order valence-electron chi connectivity index (χ0n) is 9.30. The number of carbonyl (C=O) groups is 1. The van der Waals surface area contributed by atoms with Gasteiger partial charge in [-0.3, -0.25) is 9.78 Å². The van der Waals surface area contributed by atoms with Crippen molar-refractivity contribution in [2.45, 2.75) is 19.9 Å². The summed E-state index contributed by atoms with van der Waals surface area (Å²) in [6, 6.07) is 3.32. The van der Waals surface area contributed by atoms with Crippen molar-refractivity contribution in [1.82, 2.24) is 20.0 Å². The van der Waals surface area contributed by atoms with Gasteiger partial charge >= 0.3 is 0 Å². The fourth-order valence-corrected chi connectivity index (χ4v) is 1.69. The van der Waals surface area contributed by atoms with Gasteiger partial charge in [-0.05, 0) is 18.6 Å². The van der Waals surface area contributed by atoms with E-state index in [1.807, 2.05) is 6.92 Å². The van der Waals surface area contributed by atoms with Crippen LogP contribution in [0.3, 0.4) is 0 Å². The molecule has 6 heteroatoms. The third kappa shape index (κ3) is 2.34.